The third-order valence-electron chi connectivity index (χ3n) is 9.68. The van der Waals surface area contributed by atoms with Gasteiger partial charge in [0.15, 0.2) is 0 Å². The summed E-state index contributed by atoms with van der Waals surface area (Å²) in [5.41, 5.74) is 1.38. The summed E-state index contributed by atoms with van der Waals surface area (Å²) in [6.45, 7) is 19.6. The predicted molar refractivity (Wildman–Crippen MR) is 265 cm³/mol. The van der Waals surface area contributed by atoms with Crippen LogP contribution in [0.1, 0.15) is 57.4 Å². The van der Waals surface area contributed by atoms with Gasteiger partial charge in [0.05, 0.1) is 231 Å². The highest BCUT2D eigenvalue weighted by Gasteiger charge is 2.01. The first-order valence-corrected chi connectivity index (χ1v) is 26.0. The molecule has 0 aliphatic rings. The van der Waals surface area contributed by atoms with Crippen LogP contribution in [0.15, 0.2) is 24.3 Å². The quantitative estimate of drug-likeness (QED) is 0.0890. The van der Waals surface area contributed by atoms with Gasteiger partial charge >= 0.3 is 0 Å². The van der Waals surface area contributed by atoms with Crippen LogP contribution in [0.5, 0.6) is 5.75 Å². The number of benzene rings is 1. The van der Waals surface area contributed by atoms with Crippen LogP contribution in [-0.2, 0) is 86.9 Å². The lowest BCUT2D eigenvalue weighted by Crippen LogP contribution is -2.16. The predicted octanol–water partition coefficient (Wildman–Crippen LogP) is 4.63. The zero-order valence-corrected chi connectivity index (χ0v) is 43.2. The van der Waals surface area contributed by atoms with E-state index in [9.17, 15) is 0 Å². The molecule has 0 fully saturated rings. The van der Waals surface area contributed by atoms with Crippen LogP contribution in [0.3, 0.4) is 0 Å². The fraction of sp³-hybridized carbons (Fsp3) is 0.882. The lowest BCUT2D eigenvalue weighted by atomic mass is 10.0. The second-order valence-electron chi connectivity index (χ2n) is 15.5. The van der Waals surface area contributed by atoms with Crippen LogP contribution in [0.25, 0.3) is 0 Å². The van der Waals surface area contributed by atoms with Gasteiger partial charge in [0.1, 0.15) is 12.4 Å². The van der Waals surface area contributed by atoms with Gasteiger partial charge in [0.2, 0.25) is 0 Å². The lowest BCUT2D eigenvalue weighted by Gasteiger charge is -2.09. The fourth-order valence-corrected chi connectivity index (χ4v) is 5.94. The maximum absolute atomic E-state index is 8.61. The van der Waals surface area contributed by atoms with Crippen molar-refractivity contribution in [2.45, 2.75) is 58.3 Å². The highest BCUT2D eigenvalue weighted by atomic mass is 16.6. The monoisotopic (exact) mass is 1010 g/mol. The Morgan fingerprint density at radius 1 is 0.257 bits per heavy atom. The molecule has 70 heavy (non-hydrogen) atoms. The number of rotatable bonds is 62. The summed E-state index contributed by atoms with van der Waals surface area (Å²) in [5, 5.41) is 8.61. The molecule has 1 rings (SSSR count). The minimum absolute atomic E-state index is 0.0206. The first kappa shape index (κ1) is 66.3. The van der Waals surface area contributed by atoms with Crippen molar-refractivity contribution >= 4 is 0 Å². The van der Waals surface area contributed by atoms with Crippen molar-refractivity contribution in [3.05, 3.63) is 29.8 Å². The van der Waals surface area contributed by atoms with E-state index in [1.165, 1.54) is 50.5 Å². The van der Waals surface area contributed by atoms with Crippen molar-refractivity contribution in [3.8, 4) is 5.75 Å². The molecule has 0 bridgehead atoms. The smallest absolute Gasteiger partial charge is 0.119 e. The van der Waals surface area contributed by atoms with Crippen LogP contribution < -0.4 is 4.74 Å². The van der Waals surface area contributed by atoms with Gasteiger partial charge in [-0.15, -0.1) is 0 Å². The molecule has 0 aliphatic carbocycles. The Kier molecular flexibility index (Phi) is 56.7. The third-order valence-corrected chi connectivity index (χ3v) is 9.68. The van der Waals surface area contributed by atoms with E-state index in [4.69, 9.17) is 90.4 Å². The molecule has 1 N–H and O–H groups in total. The molecule has 0 unspecified atom stereocenters. The molecule has 1 aromatic carbocycles. The zero-order valence-electron chi connectivity index (χ0n) is 43.2. The molecule has 0 aromatic heterocycles. The minimum atomic E-state index is 0.0206. The number of ether oxygens (including phenoxy) is 18. The Hall–Kier alpha value is -1.70. The van der Waals surface area contributed by atoms with Crippen molar-refractivity contribution in [2.75, 3.05) is 238 Å². The van der Waals surface area contributed by atoms with Gasteiger partial charge in [-0.05, 0) is 30.5 Å². The van der Waals surface area contributed by atoms with Gasteiger partial charge in [-0.25, -0.2) is 0 Å². The van der Waals surface area contributed by atoms with Crippen LogP contribution in [0, 0.1) is 0 Å². The lowest BCUT2D eigenvalue weighted by molar-refractivity contribution is -0.0309. The molecule has 19 nitrogen and oxygen atoms in total. The van der Waals surface area contributed by atoms with Crippen molar-refractivity contribution in [3.63, 3.8) is 0 Å². The van der Waals surface area contributed by atoms with Crippen molar-refractivity contribution < 1.29 is 90.4 Å². The molecule has 0 saturated carbocycles. The molecule has 0 aliphatic heterocycles. The van der Waals surface area contributed by atoms with E-state index in [1.54, 1.807) is 0 Å². The summed E-state index contributed by atoms with van der Waals surface area (Å²) >= 11 is 0. The molecule has 0 spiro atoms. The maximum atomic E-state index is 8.61. The highest BCUT2D eigenvalue weighted by molar-refractivity contribution is 5.27. The summed E-state index contributed by atoms with van der Waals surface area (Å²) in [5.74, 6) is 0.882. The SMILES string of the molecule is CCCCCCCCCc1ccc(OCCOCCOCCOCCOCCOCCOCCOCCOCCOCCOCCOCCOCCOCCOCCOCCOCCOCCO)cc1. The summed E-state index contributed by atoms with van der Waals surface area (Å²) in [7, 11) is 0. The van der Waals surface area contributed by atoms with E-state index in [2.05, 4.69) is 31.2 Å². The van der Waals surface area contributed by atoms with Gasteiger partial charge in [-0.2, -0.15) is 0 Å². The van der Waals surface area contributed by atoms with E-state index in [1.807, 2.05) is 0 Å². The topological polar surface area (TPSA) is 186 Å². The summed E-state index contributed by atoms with van der Waals surface area (Å²) < 4.78 is 99.0. The van der Waals surface area contributed by atoms with Gasteiger partial charge in [0, 0.05) is 0 Å². The van der Waals surface area contributed by atoms with Crippen LogP contribution >= 0.6 is 0 Å². The number of hydrogen-bond donors (Lipinski definition) is 1. The second-order valence-corrected chi connectivity index (χ2v) is 15.5. The molecular formula is C51H96O19. The Morgan fingerprint density at radius 3 is 0.714 bits per heavy atom. The van der Waals surface area contributed by atoms with Gasteiger partial charge in [-0.3, -0.25) is 0 Å². The van der Waals surface area contributed by atoms with Crippen molar-refractivity contribution in [1.82, 2.24) is 0 Å². The Bertz CT molecular complexity index is 1100. The number of aliphatic hydroxyl groups is 1. The number of hydrogen-bond acceptors (Lipinski definition) is 19. The highest BCUT2D eigenvalue weighted by Crippen LogP contribution is 2.15. The summed E-state index contributed by atoms with van der Waals surface area (Å²) in [6.07, 6.45) is 10.5. The molecule has 0 radical (unpaired) electrons. The van der Waals surface area contributed by atoms with Gasteiger partial charge in [-0.1, -0.05) is 57.6 Å². The molecule has 0 atom stereocenters. The average molecular weight is 1010 g/mol. The molecule has 19 heteroatoms. The first-order valence-electron chi connectivity index (χ1n) is 26.0. The number of unbranched alkanes of at least 4 members (excludes halogenated alkanes) is 6. The number of aliphatic hydroxyl groups excluding tert-OH is 1. The summed E-state index contributed by atoms with van der Waals surface area (Å²) in [6, 6.07) is 8.45. The minimum Gasteiger partial charge on any atom is -0.491 e. The van der Waals surface area contributed by atoms with Crippen LogP contribution in [0.2, 0.25) is 0 Å². The standard InChI is InChI=1S/C51H96O19/c1-2-3-4-5-6-7-8-9-50-10-12-51(13-11-50)70-49-48-69-47-46-68-45-44-67-43-42-66-41-40-65-39-38-64-37-36-63-35-34-62-33-32-61-31-30-60-29-28-59-27-26-58-25-24-57-23-22-56-21-20-55-19-18-54-17-16-53-15-14-52/h10-13,52H,2-9,14-49H2,1H3. The molecule has 1 aromatic rings. The molecule has 0 amide bonds. The normalized spacial score (nSPS) is 11.6. The van der Waals surface area contributed by atoms with Gasteiger partial charge in [0.25, 0.3) is 0 Å². The van der Waals surface area contributed by atoms with Crippen LogP contribution in [0.4, 0.5) is 0 Å². The van der Waals surface area contributed by atoms with E-state index >= 15 is 0 Å². The van der Waals surface area contributed by atoms with E-state index in [0.717, 1.165) is 12.2 Å². The Labute approximate surface area is 421 Å². The van der Waals surface area contributed by atoms with Crippen molar-refractivity contribution in [2.24, 2.45) is 0 Å². The van der Waals surface area contributed by atoms with Crippen molar-refractivity contribution in [1.29, 1.82) is 0 Å². The molecule has 0 heterocycles. The van der Waals surface area contributed by atoms with Gasteiger partial charge < -0.3 is 90.4 Å². The van der Waals surface area contributed by atoms with E-state index in [0.29, 0.717) is 231 Å². The molecule has 414 valence electrons. The number of aryl methyl sites for hydroxylation is 1. The maximum Gasteiger partial charge on any atom is 0.119 e. The average Bonchev–Trinajstić information content (AvgIpc) is 3.38. The van der Waals surface area contributed by atoms with E-state index in [-0.39, 0.29) is 6.61 Å². The Morgan fingerprint density at radius 2 is 0.471 bits per heavy atom. The molecule has 0 saturated heterocycles. The first-order chi connectivity index (χ1) is 34.9. The zero-order chi connectivity index (χ0) is 49.8. The largest absolute Gasteiger partial charge is 0.491 e. The molecular weight excluding hydrogens is 917 g/mol. The fourth-order valence-electron chi connectivity index (χ4n) is 5.94. The van der Waals surface area contributed by atoms with Crippen LogP contribution in [-0.4, -0.2) is 243 Å². The second kappa shape index (κ2) is 59.9. The Balaban J connectivity index is 1.63. The summed E-state index contributed by atoms with van der Waals surface area (Å²) in [4.78, 5) is 0. The van der Waals surface area contributed by atoms with E-state index < -0.39 is 0 Å². The third kappa shape index (κ3) is 54.1.